The summed E-state index contributed by atoms with van der Waals surface area (Å²) in [6.45, 7) is 14.6. The Morgan fingerprint density at radius 1 is 0.952 bits per heavy atom. The van der Waals surface area contributed by atoms with Gasteiger partial charge in [-0.2, -0.15) is 0 Å². The molecule has 11 nitrogen and oxygen atoms in total. The Hall–Kier alpha value is -3.99. The van der Waals surface area contributed by atoms with E-state index in [2.05, 4.69) is 10.6 Å². The number of amides is 2. The van der Waals surface area contributed by atoms with Crippen molar-refractivity contribution in [3.8, 4) is 0 Å². The van der Waals surface area contributed by atoms with E-state index in [0.29, 0.717) is 10.6 Å². The highest BCUT2D eigenvalue weighted by Gasteiger charge is 2.45. The Morgan fingerprint density at radius 3 is 1.98 bits per heavy atom. The van der Waals surface area contributed by atoms with Gasteiger partial charge in [0, 0.05) is 21.8 Å². The second-order valence-corrected chi connectivity index (χ2v) is 12.2. The van der Waals surface area contributed by atoms with Gasteiger partial charge in [0.25, 0.3) is 0 Å². The van der Waals surface area contributed by atoms with Crippen molar-refractivity contribution in [1.82, 2.24) is 9.88 Å². The minimum atomic E-state index is -0.878. The fraction of sp³-hybridized carbons (Fsp3) is 0.467. The highest BCUT2D eigenvalue weighted by Crippen LogP contribution is 2.44. The molecule has 0 aliphatic carbocycles. The van der Waals surface area contributed by atoms with Gasteiger partial charge in [-0.25, -0.2) is 19.2 Å². The van der Waals surface area contributed by atoms with Crippen LogP contribution in [-0.2, 0) is 24.5 Å². The Labute approximate surface area is 251 Å². The van der Waals surface area contributed by atoms with Gasteiger partial charge in [0.1, 0.15) is 22.8 Å². The highest BCUT2D eigenvalue weighted by atomic mass is 35.5. The molecular weight excluding hydrogens is 564 g/mol. The van der Waals surface area contributed by atoms with Gasteiger partial charge in [-0.15, -0.1) is 0 Å². The molecule has 0 saturated carbocycles. The topological polar surface area (TPSA) is 128 Å². The van der Waals surface area contributed by atoms with E-state index in [1.54, 1.807) is 42.7 Å². The number of carbonyl (C=O) groups excluding carboxylic acids is 4. The van der Waals surface area contributed by atoms with Crippen molar-refractivity contribution < 1.29 is 33.4 Å². The lowest BCUT2D eigenvalue weighted by molar-refractivity contribution is -0.139. The van der Waals surface area contributed by atoms with Crippen LogP contribution in [0.15, 0.2) is 35.5 Å². The van der Waals surface area contributed by atoms with E-state index in [1.807, 2.05) is 41.5 Å². The van der Waals surface area contributed by atoms with Crippen molar-refractivity contribution >= 4 is 47.2 Å². The average molecular weight is 603 g/mol. The van der Waals surface area contributed by atoms with E-state index in [1.165, 1.54) is 19.1 Å². The van der Waals surface area contributed by atoms with Gasteiger partial charge in [-0.1, -0.05) is 23.7 Å². The van der Waals surface area contributed by atoms with Crippen molar-refractivity contribution in [1.29, 1.82) is 0 Å². The second-order valence-electron chi connectivity index (χ2n) is 11.8. The van der Waals surface area contributed by atoms with Crippen LogP contribution in [0.25, 0.3) is 0 Å². The first-order valence-corrected chi connectivity index (χ1v) is 13.8. The summed E-state index contributed by atoms with van der Waals surface area (Å²) in [7, 11) is 2.38. The largest absolute Gasteiger partial charge is 0.465 e. The number of allylic oxidation sites excluding steroid dienone is 1. The SMILES string of the molecule is CCOC(=O)C1=C(C)N(c2c(C(=O)OC)c(C(=O)OC)c(NC(C)(C)C)n2C(C)(C)C)C(=O)NC1c1ccc(Cl)cc1. The number of nitrogens with zero attached hydrogens (tertiary/aromatic N) is 2. The standard InChI is InChI=1S/C30H39ClN4O7/c1-11-42-27(38)19-16(2)34(28(39)32-22(19)17-12-14-18(31)15-13-17)24-21(26(37)41-10)20(25(36)40-9)23(33-29(3,4)5)35(24)30(6,7)8/h12-15,22,33H,11H2,1-10H3,(H,32,39). The molecule has 42 heavy (non-hydrogen) atoms. The zero-order valence-corrected chi connectivity index (χ0v) is 26.5. The molecule has 2 amide bonds. The minimum Gasteiger partial charge on any atom is -0.465 e. The lowest BCUT2D eigenvalue weighted by Crippen LogP contribution is -2.50. The van der Waals surface area contributed by atoms with Gasteiger partial charge in [-0.05, 0) is 73.1 Å². The van der Waals surface area contributed by atoms with Crippen LogP contribution in [0.4, 0.5) is 16.4 Å². The number of methoxy groups -OCH3 is 2. The molecule has 2 heterocycles. The third kappa shape index (κ3) is 6.25. The number of carbonyl (C=O) groups is 4. The van der Waals surface area contributed by atoms with E-state index >= 15 is 0 Å². The Morgan fingerprint density at radius 2 is 1.50 bits per heavy atom. The van der Waals surface area contributed by atoms with E-state index < -0.39 is 41.1 Å². The summed E-state index contributed by atoms with van der Waals surface area (Å²) in [6.07, 6.45) is 0. The van der Waals surface area contributed by atoms with Crippen LogP contribution in [0, 0.1) is 0 Å². The van der Waals surface area contributed by atoms with Crippen LogP contribution in [-0.4, -0.2) is 54.9 Å². The molecule has 1 aliphatic rings. The number of benzene rings is 1. The molecule has 0 bridgehead atoms. The second kappa shape index (κ2) is 12.1. The summed E-state index contributed by atoms with van der Waals surface area (Å²) in [5.41, 5.74) is -0.768. The zero-order chi connectivity index (χ0) is 31.7. The first kappa shape index (κ1) is 32.5. The Balaban J connectivity index is 2.52. The molecule has 0 saturated heterocycles. The van der Waals surface area contributed by atoms with Gasteiger partial charge < -0.3 is 29.4 Å². The third-order valence-electron chi connectivity index (χ3n) is 6.48. The number of rotatable bonds is 7. The van der Waals surface area contributed by atoms with Crippen molar-refractivity contribution in [2.24, 2.45) is 0 Å². The molecule has 1 aromatic heterocycles. The summed E-state index contributed by atoms with van der Waals surface area (Å²) in [5.74, 6) is -2.07. The van der Waals surface area contributed by atoms with Crippen LogP contribution >= 0.6 is 11.6 Å². The molecule has 2 aromatic rings. The average Bonchev–Trinajstić information content (AvgIpc) is 3.21. The molecule has 0 spiro atoms. The Kier molecular flexibility index (Phi) is 9.36. The minimum absolute atomic E-state index is 0.0212. The highest BCUT2D eigenvalue weighted by molar-refractivity contribution is 6.30. The maximum atomic E-state index is 14.1. The van der Waals surface area contributed by atoms with Gasteiger partial charge in [0.15, 0.2) is 0 Å². The van der Waals surface area contributed by atoms with Crippen LogP contribution < -0.4 is 15.5 Å². The molecule has 228 valence electrons. The predicted molar refractivity (Wildman–Crippen MR) is 160 cm³/mol. The monoisotopic (exact) mass is 602 g/mol. The molecule has 3 rings (SSSR count). The van der Waals surface area contributed by atoms with E-state index in [9.17, 15) is 19.2 Å². The first-order chi connectivity index (χ1) is 19.5. The maximum Gasteiger partial charge on any atom is 0.342 e. The number of hydrogen-bond acceptors (Lipinski definition) is 8. The van der Waals surface area contributed by atoms with E-state index in [-0.39, 0.29) is 40.6 Å². The number of halogens is 1. The smallest absolute Gasteiger partial charge is 0.342 e. The van der Waals surface area contributed by atoms with Crippen molar-refractivity contribution in [2.75, 3.05) is 31.0 Å². The van der Waals surface area contributed by atoms with Gasteiger partial charge in [-0.3, -0.25) is 4.90 Å². The molecule has 0 fully saturated rings. The number of urea groups is 1. The van der Waals surface area contributed by atoms with Crippen LogP contribution in [0.2, 0.25) is 5.02 Å². The molecule has 1 aliphatic heterocycles. The lowest BCUT2D eigenvalue weighted by atomic mass is 9.94. The molecule has 2 N–H and O–H groups in total. The molecular formula is C30H39ClN4O7. The number of ether oxygens (including phenoxy) is 3. The van der Waals surface area contributed by atoms with Gasteiger partial charge in [0.05, 0.1) is 32.4 Å². The summed E-state index contributed by atoms with van der Waals surface area (Å²) in [6, 6.07) is 5.19. The summed E-state index contributed by atoms with van der Waals surface area (Å²) < 4.78 is 17.3. The number of hydrogen-bond donors (Lipinski definition) is 2. The van der Waals surface area contributed by atoms with Crippen LogP contribution in [0.1, 0.15) is 87.7 Å². The zero-order valence-electron chi connectivity index (χ0n) is 25.7. The molecule has 1 atom stereocenters. The molecule has 12 heteroatoms. The van der Waals surface area contributed by atoms with E-state index in [0.717, 1.165) is 0 Å². The molecule has 0 radical (unpaired) electrons. The van der Waals surface area contributed by atoms with Crippen molar-refractivity contribution in [3.63, 3.8) is 0 Å². The molecule has 1 aromatic carbocycles. The number of esters is 3. The Bertz CT molecular complexity index is 1430. The summed E-state index contributed by atoms with van der Waals surface area (Å²) >= 11 is 6.09. The quantitative estimate of drug-likeness (QED) is 0.301. The predicted octanol–water partition coefficient (Wildman–Crippen LogP) is 5.79. The first-order valence-electron chi connectivity index (χ1n) is 13.5. The normalized spacial score (nSPS) is 15.7. The number of anilines is 2. The van der Waals surface area contributed by atoms with Crippen molar-refractivity contribution in [2.45, 2.75) is 72.5 Å². The van der Waals surface area contributed by atoms with Gasteiger partial charge >= 0.3 is 23.9 Å². The van der Waals surface area contributed by atoms with E-state index in [4.69, 9.17) is 25.8 Å². The van der Waals surface area contributed by atoms with Crippen LogP contribution in [0.3, 0.4) is 0 Å². The lowest BCUT2D eigenvalue weighted by Gasteiger charge is -2.38. The van der Waals surface area contributed by atoms with Crippen LogP contribution in [0.5, 0.6) is 0 Å². The van der Waals surface area contributed by atoms with Crippen molar-refractivity contribution in [3.05, 3.63) is 57.2 Å². The molecule has 1 unspecified atom stereocenters. The maximum absolute atomic E-state index is 14.1. The number of nitrogens with one attached hydrogen (secondary N) is 2. The fourth-order valence-electron chi connectivity index (χ4n) is 4.87. The number of aromatic nitrogens is 1. The third-order valence-corrected chi connectivity index (χ3v) is 6.74. The summed E-state index contributed by atoms with van der Waals surface area (Å²) in [4.78, 5) is 55.5. The summed E-state index contributed by atoms with van der Waals surface area (Å²) in [5, 5.41) is 6.69. The fourth-order valence-corrected chi connectivity index (χ4v) is 5.00. The van der Waals surface area contributed by atoms with Gasteiger partial charge in [0.2, 0.25) is 0 Å².